The standard InChI is InChI=1S/C8H6F5NO/c9-4-2-6(15)5(10)1-3(4)7(14)8(11,12)13/h1-2,7,15H,14H2/t7-/m1/s1. The molecule has 2 nitrogen and oxygen atoms in total. The van der Waals surface area contributed by atoms with Gasteiger partial charge in [0, 0.05) is 11.6 Å². The summed E-state index contributed by atoms with van der Waals surface area (Å²) in [5.74, 6) is -3.82. The topological polar surface area (TPSA) is 46.2 Å². The van der Waals surface area contributed by atoms with Gasteiger partial charge in [-0.1, -0.05) is 0 Å². The first-order chi connectivity index (χ1) is 6.73. The summed E-state index contributed by atoms with van der Waals surface area (Å²) in [4.78, 5) is 0. The minimum Gasteiger partial charge on any atom is -0.505 e. The third kappa shape index (κ3) is 2.35. The van der Waals surface area contributed by atoms with E-state index < -0.39 is 35.2 Å². The van der Waals surface area contributed by atoms with Crippen LogP contribution in [0.15, 0.2) is 12.1 Å². The fourth-order valence-corrected chi connectivity index (χ4v) is 0.966. The van der Waals surface area contributed by atoms with Crippen molar-refractivity contribution in [2.45, 2.75) is 12.2 Å². The molecule has 0 saturated carbocycles. The zero-order valence-corrected chi connectivity index (χ0v) is 7.15. The van der Waals surface area contributed by atoms with Crippen LogP contribution in [0.1, 0.15) is 11.6 Å². The number of phenolic OH excluding ortho intramolecular Hbond substituents is 1. The highest BCUT2D eigenvalue weighted by molar-refractivity contribution is 5.32. The van der Waals surface area contributed by atoms with Gasteiger partial charge >= 0.3 is 6.18 Å². The van der Waals surface area contributed by atoms with Crippen LogP contribution in [0.4, 0.5) is 22.0 Å². The number of benzene rings is 1. The molecule has 0 aliphatic heterocycles. The summed E-state index contributed by atoms with van der Waals surface area (Å²) >= 11 is 0. The summed E-state index contributed by atoms with van der Waals surface area (Å²) in [6.07, 6.45) is -4.87. The lowest BCUT2D eigenvalue weighted by molar-refractivity contribution is -0.149. The molecule has 0 fully saturated rings. The molecule has 0 saturated heterocycles. The van der Waals surface area contributed by atoms with E-state index in [1.807, 2.05) is 0 Å². The van der Waals surface area contributed by atoms with Gasteiger partial charge in [0.25, 0.3) is 0 Å². The van der Waals surface area contributed by atoms with E-state index in [9.17, 15) is 22.0 Å². The number of nitrogens with two attached hydrogens (primary N) is 1. The fraction of sp³-hybridized carbons (Fsp3) is 0.250. The molecule has 0 heterocycles. The molecule has 1 aromatic carbocycles. The molecule has 1 aromatic rings. The maximum absolute atomic E-state index is 12.9. The Morgan fingerprint density at radius 1 is 1.13 bits per heavy atom. The van der Waals surface area contributed by atoms with Gasteiger partial charge in [0.15, 0.2) is 11.6 Å². The van der Waals surface area contributed by atoms with Gasteiger partial charge in [-0.15, -0.1) is 0 Å². The van der Waals surface area contributed by atoms with Gasteiger partial charge in [0.2, 0.25) is 0 Å². The zero-order valence-electron chi connectivity index (χ0n) is 7.15. The third-order valence-corrected chi connectivity index (χ3v) is 1.75. The Bertz CT molecular complexity index is 376. The normalized spacial score (nSPS) is 14.0. The van der Waals surface area contributed by atoms with Gasteiger partial charge in [-0.3, -0.25) is 0 Å². The van der Waals surface area contributed by atoms with Crippen molar-refractivity contribution < 1.29 is 27.1 Å². The van der Waals surface area contributed by atoms with Gasteiger partial charge in [-0.2, -0.15) is 13.2 Å². The summed E-state index contributed by atoms with van der Waals surface area (Å²) in [7, 11) is 0. The van der Waals surface area contributed by atoms with Gasteiger partial charge in [-0.05, 0) is 6.07 Å². The first kappa shape index (κ1) is 11.7. The quantitative estimate of drug-likeness (QED) is 0.722. The molecule has 0 bridgehead atoms. The van der Waals surface area contributed by atoms with Crippen LogP contribution in [-0.2, 0) is 0 Å². The molecule has 0 amide bonds. The number of phenols is 1. The molecular formula is C8H6F5NO. The van der Waals surface area contributed by atoms with Crippen LogP contribution >= 0.6 is 0 Å². The summed E-state index contributed by atoms with van der Waals surface area (Å²) in [6.45, 7) is 0. The second-order valence-electron chi connectivity index (χ2n) is 2.84. The maximum atomic E-state index is 12.9. The Morgan fingerprint density at radius 2 is 1.67 bits per heavy atom. The molecular weight excluding hydrogens is 221 g/mol. The summed E-state index contributed by atoms with van der Waals surface area (Å²) in [6, 6.07) is -2.15. The number of hydrogen-bond acceptors (Lipinski definition) is 2. The van der Waals surface area contributed by atoms with Crippen molar-refractivity contribution in [1.82, 2.24) is 0 Å². The van der Waals surface area contributed by atoms with Crippen LogP contribution in [0.5, 0.6) is 5.75 Å². The van der Waals surface area contributed by atoms with E-state index in [4.69, 9.17) is 5.11 Å². The highest BCUT2D eigenvalue weighted by Crippen LogP contribution is 2.33. The van der Waals surface area contributed by atoms with Crippen molar-refractivity contribution in [3.05, 3.63) is 29.3 Å². The van der Waals surface area contributed by atoms with Crippen LogP contribution in [0.3, 0.4) is 0 Å². The number of alkyl halides is 3. The van der Waals surface area contributed by atoms with Crippen molar-refractivity contribution in [3.8, 4) is 5.75 Å². The summed E-state index contributed by atoms with van der Waals surface area (Å²) < 4.78 is 61.8. The van der Waals surface area contributed by atoms with Crippen molar-refractivity contribution in [3.63, 3.8) is 0 Å². The van der Waals surface area contributed by atoms with Crippen LogP contribution < -0.4 is 5.73 Å². The Morgan fingerprint density at radius 3 is 2.13 bits per heavy atom. The Hall–Kier alpha value is -1.37. The Labute approximate surface area is 81.1 Å². The van der Waals surface area contributed by atoms with Gasteiger partial charge in [-0.25, -0.2) is 8.78 Å². The molecule has 0 aliphatic rings. The van der Waals surface area contributed by atoms with Gasteiger partial charge in [0.1, 0.15) is 11.9 Å². The lowest BCUT2D eigenvalue weighted by Gasteiger charge is -2.16. The minimum atomic E-state index is -4.87. The average molecular weight is 227 g/mol. The monoisotopic (exact) mass is 227 g/mol. The third-order valence-electron chi connectivity index (χ3n) is 1.75. The Balaban J connectivity index is 3.21. The molecule has 1 rings (SSSR count). The average Bonchev–Trinajstić information content (AvgIpc) is 2.08. The molecule has 3 N–H and O–H groups in total. The lowest BCUT2D eigenvalue weighted by atomic mass is 10.1. The van der Waals surface area contributed by atoms with E-state index in [0.717, 1.165) is 0 Å². The molecule has 7 heteroatoms. The number of aromatic hydroxyl groups is 1. The second kappa shape index (κ2) is 3.65. The smallest absolute Gasteiger partial charge is 0.407 e. The van der Waals surface area contributed by atoms with Crippen LogP contribution in [-0.4, -0.2) is 11.3 Å². The number of hydrogen-bond donors (Lipinski definition) is 2. The molecule has 0 aliphatic carbocycles. The van der Waals surface area contributed by atoms with E-state index in [1.165, 1.54) is 0 Å². The van der Waals surface area contributed by atoms with E-state index >= 15 is 0 Å². The van der Waals surface area contributed by atoms with Crippen molar-refractivity contribution in [2.75, 3.05) is 0 Å². The van der Waals surface area contributed by atoms with Crippen LogP contribution in [0, 0.1) is 11.6 Å². The molecule has 84 valence electrons. The van der Waals surface area contributed by atoms with Crippen molar-refractivity contribution in [2.24, 2.45) is 5.73 Å². The summed E-state index contributed by atoms with van der Waals surface area (Å²) in [5.41, 5.74) is 3.63. The number of halogens is 5. The Kier molecular flexibility index (Phi) is 2.85. The second-order valence-corrected chi connectivity index (χ2v) is 2.84. The zero-order chi connectivity index (χ0) is 11.8. The van der Waals surface area contributed by atoms with Crippen molar-refractivity contribution >= 4 is 0 Å². The highest BCUT2D eigenvalue weighted by atomic mass is 19.4. The molecule has 15 heavy (non-hydrogen) atoms. The number of rotatable bonds is 1. The van der Waals surface area contributed by atoms with Crippen LogP contribution in [0.25, 0.3) is 0 Å². The largest absolute Gasteiger partial charge is 0.505 e. The van der Waals surface area contributed by atoms with E-state index in [-0.39, 0.29) is 12.1 Å². The first-order valence-corrected chi connectivity index (χ1v) is 3.73. The first-order valence-electron chi connectivity index (χ1n) is 3.73. The van der Waals surface area contributed by atoms with E-state index in [0.29, 0.717) is 0 Å². The van der Waals surface area contributed by atoms with E-state index in [2.05, 4.69) is 5.73 Å². The predicted molar refractivity (Wildman–Crippen MR) is 41.0 cm³/mol. The molecule has 0 spiro atoms. The highest BCUT2D eigenvalue weighted by Gasteiger charge is 2.39. The summed E-state index contributed by atoms with van der Waals surface area (Å²) in [5, 5.41) is 8.67. The molecule has 0 aromatic heterocycles. The molecule has 1 atom stereocenters. The van der Waals surface area contributed by atoms with E-state index in [1.54, 1.807) is 0 Å². The van der Waals surface area contributed by atoms with Crippen molar-refractivity contribution in [1.29, 1.82) is 0 Å². The fourth-order valence-electron chi connectivity index (χ4n) is 0.966. The molecule has 0 unspecified atom stereocenters. The van der Waals surface area contributed by atoms with Crippen LogP contribution in [0.2, 0.25) is 0 Å². The van der Waals surface area contributed by atoms with Gasteiger partial charge < -0.3 is 10.8 Å². The maximum Gasteiger partial charge on any atom is 0.407 e. The molecule has 0 radical (unpaired) electrons. The SMILES string of the molecule is N[C@H](c1cc(F)c(O)cc1F)C(F)(F)F. The lowest BCUT2D eigenvalue weighted by Crippen LogP contribution is -2.29. The predicted octanol–water partition coefficient (Wildman–Crippen LogP) is 2.23. The minimum absolute atomic E-state index is 0.225. The van der Waals surface area contributed by atoms with Gasteiger partial charge in [0.05, 0.1) is 0 Å².